The molecule has 0 unspecified atom stereocenters. The molecule has 0 radical (unpaired) electrons. The highest BCUT2D eigenvalue weighted by molar-refractivity contribution is 5.73. The number of phenolic OH excluding ortho intramolecular Hbond substituents is 1. The lowest BCUT2D eigenvalue weighted by Gasteiger charge is -2.17. The summed E-state index contributed by atoms with van der Waals surface area (Å²) in [7, 11) is 0. The minimum atomic E-state index is -0.656. The van der Waals surface area contributed by atoms with Crippen molar-refractivity contribution in [1.82, 2.24) is 5.32 Å². The van der Waals surface area contributed by atoms with Crippen LogP contribution in [0.3, 0.4) is 0 Å². The first kappa shape index (κ1) is 13.4. The third-order valence-corrected chi connectivity index (χ3v) is 2.42. The number of halogens is 1. The van der Waals surface area contributed by atoms with Crippen molar-refractivity contribution < 1.29 is 14.3 Å². The number of nitrogens with two attached hydrogens (primary N) is 1. The number of nitrogens with one attached hydrogen (secondary N) is 1. The van der Waals surface area contributed by atoms with Gasteiger partial charge >= 0.3 is 0 Å². The molecule has 0 bridgehead atoms. The Morgan fingerprint density at radius 2 is 2.29 bits per heavy atom. The summed E-state index contributed by atoms with van der Waals surface area (Å²) in [4.78, 5) is 11.0. The molecule has 4 N–H and O–H groups in total. The van der Waals surface area contributed by atoms with E-state index < -0.39 is 5.82 Å². The van der Waals surface area contributed by atoms with Crippen molar-refractivity contribution in [2.24, 2.45) is 5.73 Å². The quantitative estimate of drug-likeness (QED) is 0.716. The Balaban J connectivity index is 2.71. The van der Waals surface area contributed by atoms with Gasteiger partial charge in [-0.05, 0) is 37.1 Å². The zero-order chi connectivity index (χ0) is 12.8. The van der Waals surface area contributed by atoms with E-state index in [2.05, 4.69) is 5.32 Å². The number of hydrogen-bond donors (Lipinski definition) is 3. The van der Waals surface area contributed by atoms with Crippen LogP contribution < -0.4 is 11.1 Å². The van der Waals surface area contributed by atoms with E-state index in [1.807, 2.05) is 0 Å². The number of phenols is 1. The smallest absolute Gasteiger partial charge is 0.217 e. The van der Waals surface area contributed by atoms with Gasteiger partial charge in [0.05, 0.1) is 0 Å². The molecule has 0 saturated heterocycles. The van der Waals surface area contributed by atoms with Crippen molar-refractivity contribution in [2.45, 2.75) is 25.8 Å². The highest BCUT2D eigenvalue weighted by atomic mass is 19.1. The normalized spacial score (nSPS) is 12.2. The van der Waals surface area contributed by atoms with Crippen LogP contribution in [0.1, 0.15) is 18.9 Å². The number of hydrogen-bond acceptors (Lipinski definition) is 3. The van der Waals surface area contributed by atoms with Gasteiger partial charge in [0.25, 0.3) is 0 Å². The Morgan fingerprint density at radius 3 is 2.82 bits per heavy atom. The second kappa shape index (κ2) is 6.20. The van der Waals surface area contributed by atoms with Crippen molar-refractivity contribution in [2.75, 3.05) is 6.54 Å². The fourth-order valence-electron chi connectivity index (χ4n) is 1.68. The van der Waals surface area contributed by atoms with Gasteiger partial charge in [-0.2, -0.15) is 0 Å². The molecule has 5 heteroatoms. The topological polar surface area (TPSA) is 75.4 Å². The van der Waals surface area contributed by atoms with E-state index in [4.69, 9.17) is 10.8 Å². The Bertz CT molecular complexity index is 396. The van der Waals surface area contributed by atoms with E-state index in [9.17, 15) is 9.18 Å². The molecule has 0 fully saturated rings. The zero-order valence-electron chi connectivity index (χ0n) is 9.74. The molecule has 0 aromatic heterocycles. The van der Waals surface area contributed by atoms with E-state index in [-0.39, 0.29) is 17.7 Å². The van der Waals surface area contributed by atoms with E-state index in [0.717, 1.165) is 0 Å². The molecule has 0 saturated carbocycles. The van der Waals surface area contributed by atoms with Crippen molar-refractivity contribution in [3.05, 3.63) is 29.6 Å². The van der Waals surface area contributed by atoms with Gasteiger partial charge in [0.2, 0.25) is 5.91 Å². The summed E-state index contributed by atoms with van der Waals surface area (Å²) in [6.07, 6.45) is 1.12. The Labute approximate surface area is 99.6 Å². The van der Waals surface area contributed by atoms with Crippen LogP contribution >= 0.6 is 0 Å². The first-order chi connectivity index (χ1) is 8.02. The summed E-state index contributed by atoms with van der Waals surface area (Å²) in [5.41, 5.74) is 6.16. The largest absolute Gasteiger partial charge is 0.505 e. The Hall–Kier alpha value is -1.62. The van der Waals surface area contributed by atoms with Crippen LogP contribution in [0, 0.1) is 5.82 Å². The molecule has 17 heavy (non-hydrogen) atoms. The molecule has 1 rings (SSSR count). The molecule has 1 atom stereocenters. The van der Waals surface area contributed by atoms with E-state index in [1.165, 1.54) is 19.1 Å². The second-order valence-corrected chi connectivity index (χ2v) is 3.96. The highest BCUT2D eigenvalue weighted by Crippen LogP contribution is 2.17. The van der Waals surface area contributed by atoms with Gasteiger partial charge < -0.3 is 16.2 Å². The fraction of sp³-hybridized carbons (Fsp3) is 0.417. The molecule has 94 valence electrons. The molecule has 0 heterocycles. The van der Waals surface area contributed by atoms with Crippen molar-refractivity contribution in [3.63, 3.8) is 0 Å². The van der Waals surface area contributed by atoms with Gasteiger partial charge in [0.15, 0.2) is 11.6 Å². The second-order valence-electron chi connectivity index (χ2n) is 3.96. The van der Waals surface area contributed by atoms with Crippen molar-refractivity contribution in [3.8, 4) is 5.75 Å². The highest BCUT2D eigenvalue weighted by Gasteiger charge is 2.11. The van der Waals surface area contributed by atoms with Gasteiger partial charge in [-0.25, -0.2) is 4.39 Å². The monoisotopic (exact) mass is 240 g/mol. The molecule has 1 aromatic rings. The summed E-state index contributed by atoms with van der Waals surface area (Å²) in [6, 6.07) is 4.09. The predicted molar refractivity (Wildman–Crippen MR) is 63.0 cm³/mol. The van der Waals surface area contributed by atoms with Crippen LogP contribution in [-0.2, 0) is 11.2 Å². The molecule has 0 aliphatic rings. The standard InChI is InChI=1S/C12H17FN2O2/c1-8(16)15-10(4-5-14)6-9-2-3-12(17)11(13)7-9/h2-3,7,10,17H,4-6,14H2,1H3,(H,15,16)/t10-/m1/s1. The SMILES string of the molecule is CC(=O)N[C@H](CCN)Cc1ccc(O)c(F)c1. The van der Waals surface area contributed by atoms with Gasteiger partial charge in [-0.1, -0.05) is 6.07 Å². The first-order valence-corrected chi connectivity index (χ1v) is 5.47. The van der Waals surface area contributed by atoms with Gasteiger partial charge in [-0.3, -0.25) is 4.79 Å². The minimum absolute atomic E-state index is 0.110. The van der Waals surface area contributed by atoms with E-state index in [1.54, 1.807) is 6.07 Å². The third-order valence-electron chi connectivity index (χ3n) is 2.42. The maximum atomic E-state index is 13.1. The maximum absolute atomic E-state index is 13.1. The molecular weight excluding hydrogens is 223 g/mol. The summed E-state index contributed by atoms with van der Waals surface area (Å²) >= 11 is 0. The molecule has 0 spiro atoms. The lowest BCUT2D eigenvalue weighted by molar-refractivity contribution is -0.119. The summed E-state index contributed by atoms with van der Waals surface area (Å²) in [5, 5.41) is 11.8. The maximum Gasteiger partial charge on any atom is 0.217 e. The molecular formula is C12H17FN2O2. The lowest BCUT2D eigenvalue weighted by atomic mass is 10.0. The lowest BCUT2D eigenvalue weighted by Crippen LogP contribution is -2.36. The number of benzene rings is 1. The number of carbonyl (C=O) groups excluding carboxylic acids is 1. The minimum Gasteiger partial charge on any atom is -0.505 e. The summed E-state index contributed by atoms with van der Waals surface area (Å²) in [5.74, 6) is -1.16. The number of aromatic hydroxyl groups is 1. The zero-order valence-corrected chi connectivity index (χ0v) is 9.74. The molecule has 1 aromatic carbocycles. The molecule has 0 aliphatic carbocycles. The van der Waals surface area contributed by atoms with Gasteiger partial charge in [0, 0.05) is 13.0 Å². The molecule has 0 aliphatic heterocycles. The van der Waals surface area contributed by atoms with Crippen LogP contribution in [-0.4, -0.2) is 23.6 Å². The van der Waals surface area contributed by atoms with Gasteiger partial charge in [-0.15, -0.1) is 0 Å². The van der Waals surface area contributed by atoms with E-state index >= 15 is 0 Å². The van der Waals surface area contributed by atoms with Crippen LogP contribution in [0.5, 0.6) is 5.75 Å². The summed E-state index contributed by atoms with van der Waals surface area (Å²) in [6.45, 7) is 1.88. The Kier molecular flexibility index (Phi) is 4.90. The predicted octanol–water partition coefficient (Wildman–Crippen LogP) is 0.927. The van der Waals surface area contributed by atoms with Crippen molar-refractivity contribution in [1.29, 1.82) is 0 Å². The third kappa shape index (κ3) is 4.40. The van der Waals surface area contributed by atoms with Crippen LogP contribution in [0.2, 0.25) is 0 Å². The fourth-order valence-corrected chi connectivity index (χ4v) is 1.68. The van der Waals surface area contributed by atoms with E-state index in [0.29, 0.717) is 24.9 Å². The van der Waals surface area contributed by atoms with Crippen LogP contribution in [0.15, 0.2) is 18.2 Å². The molecule has 1 amide bonds. The number of amides is 1. The van der Waals surface area contributed by atoms with Crippen LogP contribution in [0.4, 0.5) is 4.39 Å². The average molecular weight is 240 g/mol. The number of rotatable bonds is 5. The Morgan fingerprint density at radius 1 is 1.59 bits per heavy atom. The first-order valence-electron chi connectivity index (χ1n) is 5.47. The molecule has 4 nitrogen and oxygen atoms in total. The van der Waals surface area contributed by atoms with Crippen LogP contribution in [0.25, 0.3) is 0 Å². The van der Waals surface area contributed by atoms with Crippen molar-refractivity contribution >= 4 is 5.91 Å². The average Bonchev–Trinajstić information content (AvgIpc) is 2.23. The summed E-state index contributed by atoms with van der Waals surface area (Å²) < 4.78 is 13.1. The number of carbonyl (C=O) groups is 1. The van der Waals surface area contributed by atoms with Gasteiger partial charge in [0.1, 0.15) is 0 Å².